The molecule has 0 aromatic carbocycles. The van der Waals surface area contributed by atoms with Gasteiger partial charge in [-0.25, -0.2) is 15.0 Å². The molecule has 4 rings (SSSR count). The minimum atomic E-state index is -0.249. The summed E-state index contributed by atoms with van der Waals surface area (Å²) in [6, 6.07) is 4.17. The van der Waals surface area contributed by atoms with E-state index in [1.165, 1.54) is 22.9 Å². The maximum atomic E-state index is 12.4. The molecule has 32 heavy (non-hydrogen) atoms. The number of nitriles is 1. The zero-order valence-electron chi connectivity index (χ0n) is 17.8. The summed E-state index contributed by atoms with van der Waals surface area (Å²) in [6.07, 6.45) is 2.08. The number of aryl methyl sites for hydroxylation is 2. The van der Waals surface area contributed by atoms with Crippen LogP contribution in [0.2, 0.25) is 0 Å². The number of piperidine rings is 1. The number of likely N-dealkylation sites (tertiary alicyclic amines) is 1. The van der Waals surface area contributed by atoms with Crippen LogP contribution in [0.1, 0.15) is 51.3 Å². The van der Waals surface area contributed by atoms with E-state index in [2.05, 4.69) is 46.1 Å². The maximum Gasteiger partial charge on any atom is 0.271 e. The van der Waals surface area contributed by atoms with Crippen molar-refractivity contribution >= 4 is 39.7 Å². The Bertz CT molecular complexity index is 1140. The molecule has 0 unspecified atom stereocenters. The smallest absolute Gasteiger partial charge is 0.271 e. The summed E-state index contributed by atoms with van der Waals surface area (Å²) in [5.74, 6) is 1.34. The van der Waals surface area contributed by atoms with Crippen molar-refractivity contribution in [1.82, 2.24) is 34.8 Å². The first kappa shape index (κ1) is 22.2. The van der Waals surface area contributed by atoms with Crippen LogP contribution in [0.3, 0.4) is 0 Å². The van der Waals surface area contributed by atoms with Crippen molar-refractivity contribution in [3.8, 4) is 6.07 Å². The molecule has 1 amide bonds. The number of nitrogens with zero attached hydrogens (tertiary/aromatic N) is 7. The van der Waals surface area contributed by atoms with Crippen LogP contribution < -0.4 is 10.6 Å². The van der Waals surface area contributed by atoms with E-state index in [9.17, 15) is 4.79 Å². The van der Waals surface area contributed by atoms with Crippen molar-refractivity contribution in [2.24, 2.45) is 0 Å². The average Bonchev–Trinajstić information content (AvgIpc) is 3.41. The van der Waals surface area contributed by atoms with Gasteiger partial charge in [-0.1, -0.05) is 4.49 Å². The normalized spacial score (nSPS) is 16.5. The number of anilines is 2. The van der Waals surface area contributed by atoms with Gasteiger partial charge >= 0.3 is 0 Å². The molecule has 1 aliphatic rings. The van der Waals surface area contributed by atoms with Gasteiger partial charge in [-0.3, -0.25) is 9.69 Å². The Labute approximate surface area is 193 Å². The van der Waals surface area contributed by atoms with Crippen molar-refractivity contribution in [3.63, 3.8) is 0 Å². The van der Waals surface area contributed by atoms with E-state index in [0.717, 1.165) is 42.2 Å². The minimum Gasteiger partial charge on any atom is -0.346 e. The lowest BCUT2D eigenvalue weighted by Crippen LogP contribution is -2.35. The molecule has 0 radical (unpaired) electrons. The van der Waals surface area contributed by atoms with Crippen molar-refractivity contribution in [1.29, 1.82) is 5.26 Å². The van der Waals surface area contributed by atoms with Gasteiger partial charge in [-0.15, -0.1) is 16.4 Å². The second-order valence-corrected chi connectivity index (χ2v) is 9.28. The number of thiazole rings is 1. The molecule has 1 atom stereocenters. The third kappa shape index (κ3) is 5.42. The molecule has 1 aliphatic heterocycles. The summed E-state index contributed by atoms with van der Waals surface area (Å²) < 4.78 is 3.87. The zero-order chi connectivity index (χ0) is 22.5. The molecule has 0 saturated carbocycles. The van der Waals surface area contributed by atoms with Gasteiger partial charge < -0.3 is 10.6 Å². The van der Waals surface area contributed by atoms with Crippen LogP contribution in [0.25, 0.3) is 0 Å². The minimum absolute atomic E-state index is 0.249. The molecule has 10 nitrogen and oxygen atoms in total. The topological polar surface area (TPSA) is 133 Å². The van der Waals surface area contributed by atoms with E-state index >= 15 is 0 Å². The Balaban J connectivity index is 1.41. The first-order valence-corrected chi connectivity index (χ1v) is 11.9. The van der Waals surface area contributed by atoms with E-state index in [4.69, 9.17) is 5.26 Å². The van der Waals surface area contributed by atoms with E-state index in [-0.39, 0.29) is 11.8 Å². The third-order valence-electron chi connectivity index (χ3n) is 5.20. The molecule has 0 spiro atoms. The fourth-order valence-corrected chi connectivity index (χ4v) is 4.88. The van der Waals surface area contributed by atoms with Crippen LogP contribution in [0.5, 0.6) is 0 Å². The van der Waals surface area contributed by atoms with Gasteiger partial charge in [0.15, 0.2) is 5.13 Å². The lowest BCUT2D eigenvalue weighted by molar-refractivity contribution is 0.0947. The molecule has 0 bridgehead atoms. The van der Waals surface area contributed by atoms with Crippen LogP contribution in [0.4, 0.5) is 10.9 Å². The quantitative estimate of drug-likeness (QED) is 0.501. The number of nitrogens with one attached hydrogen (secondary N) is 2. The highest BCUT2D eigenvalue weighted by molar-refractivity contribution is 7.14. The van der Waals surface area contributed by atoms with Gasteiger partial charge in [0.25, 0.3) is 5.91 Å². The summed E-state index contributed by atoms with van der Waals surface area (Å²) in [4.78, 5) is 29.0. The summed E-state index contributed by atoms with van der Waals surface area (Å²) in [5, 5.41) is 21.3. The van der Waals surface area contributed by atoms with Gasteiger partial charge in [0.2, 0.25) is 0 Å². The molecule has 3 aromatic heterocycles. The molecular weight excluding hydrogens is 446 g/mol. The van der Waals surface area contributed by atoms with E-state index in [0.29, 0.717) is 35.6 Å². The zero-order valence-corrected chi connectivity index (χ0v) is 19.5. The number of hydrogen-bond donors (Lipinski definition) is 2. The van der Waals surface area contributed by atoms with Gasteiger partial charge in [0, 0.05) is 23.9 Å². The molecule has 166 valence electrons. The Morgan fingerprint density at radius 3 is 3.00 bits per heavy atom. The Morgan fingerprint density at radius 2 is 2.22 bits per heavy atom. The highest BCUT2D eigenvalue weighted by Crippen LogP contribution is 2.28. The molecule has 1 fully saturated rings. The highest BCUT2D eigenvalue weighted by Gasteiger charge is 2.23. The summed E-state index contributed by atoms with van der Waals surface area (Å²) in [6.45, 7) is 6.31. The summed E-state index contributed by atoms with van der Waals surface area (Å²) in [5.41, 5.74) is 2.13. The molecular formula is C20H23N9OS2. The Kier molecular flexibility index (Phi) is 6.99. The van der Waals surface area contributed by atoms with E-state index in [1.54, 1.807) is 5.38 Å². The van der Waals surface area contributed by atoms with E-state index < -0.39 is 0 Å². The molecule has 3 aromatic rings. The van der Waals surface area contributed by atoms with Crippen molar-refractivity contribution in [3.05, 3.63) is 39.2 Å². The van der Waals surface area contributed by atoms with Gasteiger partial charge in [-0.05, 0) is 44.8 Å². The molecule has 1 saturated heterocycles. The van der Waals surface area contributed by atoms with Crippen LogP contribution in [0.15, 0.2) is 11.4 Å². The van der Waals surface area contributed by atoms with E-state index in [1.807, 2.05) is 19.9 Å². The molecule has 0 aliphatic carbocycles. The summed E-state index contributed by atoms with van der Waals surface area (Å²) >= 11 is 2.62. The first-order chi connectivity index (χ1) is 15.5. The Hall–Kier alpha value is -3.01. The van der Waals surface area contributed by atoms with Crippen molar-refractivity contribution < 1.29 is 4.79 Å². The molecule has 4 heterocycles. The van der Waals surface area contributed by atoms with Gasteiger partial charge in [0.1, 0.15) is 17.3 Å². The largest absolute Gasteiger partial charge is 0.346 e. The fourth-order valence-electron chi connectivity index (χ4n) is 3.61. The molecule has 12 heteroatoms. The second kappa shape index (κ2) is 10.1. The number of aromatic nitrogens is 5. The SMILES string of the molecule is Cc1nc(Nc2nc(C(=O)NCc3snnc3C)cs2)cc([C@@H]2CCCN(CC#N)C2)n1. The molecule has 2 N–H and O–H groups in total. The predicted octanol–water partition coefficient (Wildman–Crippen LogP) is 2.78. The second-order valence-electron chi connectivity index (χ2n) is 7.58. The maximum absolute atomic E-state index is 12.4. The van der Waals surface area contributed by atoms with Crippen LogP contribution in [-0.4, -0.2) is 55.0 Å². The average molecular weight is 470 g/mol. The predicted molar refractivity (Wildman–Crippen MR) is 122 cm³/mol. The number of amides is 1. The van der Waals surface area contributed by atoms with Crippen molar-refractivity contribution in [2.75, 3.05) is 25.0 Å². The lowest BCUT2D eigenvalue weighted by atomic mass is 9.94. The third-order valence-corrected chi connectivity index (χ3v) is 6.78. The number of carbonyl (C=O) groups is 1. The monoisotopic (exact) mass is 469 g/mol. The summed E-state index contributed by atoms with van der Waals surface area (Å²) in [7, 11) is 0. The number of hydrogen-bond acceptors (Lipinski definition) is 11. The Morgan fingerprint density at radius 1 is 1.34 bits per heavy atom. The standard InChI is InChI=1S/C20H23N9OS2/c1-12-17(32-28-27-12)9-22-19(30)16-11-31-20(25-16)26-18-8-15(23-13(2)24-18)14-4-3-6-29(10-14)7-5-21/h8,11,14H,3-4,6-7,9-10H2,1-2H3,(H,22,30)(H,23,24,25,26)/t14-/m1/s1. The first-order valence-electron chi connectivity index (χ1n) is 10.3. The van der Waals surface area contributed by atoms with Crippen LogP contribution >= 0.6 is 22.9 Å². The number of carbonyl (C=O) groups excluding carboxylic acids is 1. The van der Waals surface area contributed by atoms with Crippen LogP contribution in [-0.2, 0) is 6.54 Å². The highest BCUT2D eigenvalue weighted by atomic mass is 32.1. The number of rotatable bonds is 7. The van der Waals surface area contributed by atoms with Crippen molar-refractivity contribution in [2.45, 2.75) is 39.2 Å². The van der Waals surface area contributed by atoms with Gasteiger partial charge in [-0.2, -0.15) is 5.26 Å². The fraction of sp³-hybridized carbons (Fsp3) is 0.450. The van der Waals surface area contributed by atoms with Crippen LogP contribution in [0, 0.1) is 25.2 Å². The van der Waals surface area contributed by atoms with Gasteiger partial charge in [0.05, 0.1) is 35.4 Å². The lowest BCUT2D eigenvalue weighted by Gasteiger charge is -2.30.